The van der Waals surface area contributed by atoms with Crippen molar-refractivity contribution in [3.05, 3.63) is 106 Å². The number of aliphatic imine (C=N–C) groups is 1. The number of rotatable bonds is 6. The topological polar surface area (TPSA) is 59.7 Å². The third-order valence-electron chi connectivity index (χ3n) is 7.01. The largest absolute Gasteiger partial charge is 0.489 e. The lowest BCUT2D eigenvalue weighted by atomic mass is 10.0. The van der Waals surface area contributed by atoms with Gasteiger partial charge < -0.3 is 9.64 Å². The number of thioether (sulfide) groups is 1. The number of carbonyl (C=O) groups excluding carboxylic acids is 1. The molecular formula is C32H29ClN4O2S. The van der Waals surface area contributed by atoms with Crippen molar-refractivity contribution in [2.24, 2.45) is 10.9 Å². The molecule has 40 heavy (non-hydrogen) atoms. The second kappa shape index (κ2) is 11.7. The summed E-state index contributed by atoms with van der Waals surface area (Å²) in [4.78, 5) is 20.2. The lowest BCUT2D eigenvalue weighted by molar-refractivity contribution is -0.113. The predicted octanol–water partition coefficient (Wildman–Crippen LogP) is 7.47. The van der Waals surface area contributed by atoms with E-state index in [2.05, 4.69) is 16.8 Å². The number of halogens is 1. The van der Waals surface area contributed by atoms with E-state index in [9.17, 15) is 4.79 Å². The minimum Gasteiger partial charge on any atom is -0.489 e. The van der Waals surface area contributed by atoms with E-state index >= 15 is 0 Å². The molecule has 6 nitrogen and oxygen atoms in total. The highest BCUT2D eigenvalue weighted by molar-refractivity contribution is 8.18. The standard InChI is InChI=1S/C32H29ClN4O2S/c1-22-7-6-16-36(19-22)32-34-31(38)29(40-32)18-25-20-37(27-9-3-2-4-10-27)35-30(25)24-8-5-11-28(17-24)39-21-23-12-14-26(33)15-13-23/h2-5,8-15,17-18,20,22H,6-7,16,19,21H2,1H3/b29-18-. The summed E-state index contributed by atoms with van der Waals surface area (Å²) in [6, 6.07) is 25.5. The van der Waals surface area contributed by atoms with Gasteiger partial charge in [-0.15, -0.1) is 0 Å². The van der Waals surface area contributed by atoms with Crippen LogP contribution in [0.2, 0.25) is 5.02 Å². The normalized spacial score (nSPS) is 18.3. The van der Waals surface area contributed by atoms with Crippen molar-refractivity contribution in [2.75, 3.05) is 13.1 Å². The van der Waals surface area contributed by atoms with E-state index < -0.39 is 0 Å². The molecular weight excluding hydrogens is 540 g/mol. The lowest BCUT2D eigenvalue weighted by Gasteiger charge is -2.31. The van der Waals surface area contributed by atoms with E-state index in [1.807, 2.05) is 95.8 Å². The first-order valence-electron chi connectivity index (χ1n) is 13.4. The molecule has 1 atom stereocenters. The van der Waals surface area contributed by atoms with Crippen LogP contribution in [0.25, 0.3) is 23.0 Å². The zero-order valence-corrected chi connectivity index (χ0v) is 23.7. The molecule has 0 aliphatic carbocycles. The first-order chi connectivity index (χ1) is 19.5. The number of amidine groups is 1. The second-order valence-electron chi connectivity index (χ2n) is 10.2. The van der Waals surface area contributed by atoms with Crippen LogP contribution in [0.1, 0.15) is 30.9 Å². The van der Waals surface area contributed by atoms with Crippen LogP contribution in [0.5, 0.6) is 5.75 Å². The van der Waals surface area contributed by atoms with Crippen LogP contribution in [0.15, 0.2) is 95.0 Å². The van der Waals surface area contributed by atoms with Gasteiger partial charge in [0, 0.05) is 35.4 Å². The van der Waals surface area contributed by atoms with E-state index in [1.54, 1.807) is 0 Å². The Labute approximate surface area is 243 Å². The maximum absolute atomic E-state index is 13.0. The summed E-state index contributed by atoms with van der Waals surface area (Å²) in [7, 11) is 0. The first-order valence-corrected chi connectivity index (χ1v) is 14.6. The lowest BCUT2D eigenvalue weighted by Crippen LogP contribution is -2.37. The maximum Gasteiger partial charge on any atom is 0.286 e. The Morgan fingerprint density at radius 2 is 1.90 bits per heavy atom. The van der Waals surface area contributed by atoms with Gasteiger partial charge in [0.15, 0.2) is 5.17 Å². The van der Waals surface area contributed by atoms with E-state index in [-0.39, 0.29) is 5.91 Å². The number of carbonyl (C=O) groups is 1. The fourth-order valence-corrected chi connectivity index (χ4v) is 6.01. The van der Waals surface area contributed by atoms with Crippen molar-refractivity contribution in [3.63, 3.8) is 0 Å². The van der Waals surface area contributed by atoms with Crippen LogP contribution in [0, 0.1) is 5.92 Å². The van der Waals surface area contributed by atoms with Crippen LogP contribution in [0.4, 0.5) is 0 Å². The molecule has 6 rings (SSSR count). The molecule has 0 saturated carbocycles. The third-order valence-corrected chi connectivity index (χ3v) is 8.31. The molecule has 0 N–H and O–H groups in total. The number of para-hydroxylation sites is 1. The Balaban J connectivity index is 1.30. The summed E-state index contributed by atoms with van der Waals surface area (Å²) >= 11 is 7.47. The van der Waals surface area contributed by atoms with Gasteiger partial charge in [-0.25, -0.2) is 4.68 Å². The number of benzene rings is 3. The molecule has 0 spiro atoms. The first kappa shape index (κ1) is 26.4. The van der Waals surface area contributed by atoms with Crippen LogP contribution in [-0.2, 0) is 11.4 Å². The summed E-state index contributed by atoms with van der Waals surface area (Å²) in [5.41, 5.74) is 4.48. The van der Waals surface area contributed by atoms with Crippen LogP contribution in [-0.4, -0.2) is 38.8 Å². The van der Waals surface area contributed by atoms with Crippen LogP contribution < -0.4 is 4.74 Å². The number of aromatic nitrogens is 2. The average Bonchev–Trinajstić information content (AvgIpc) is 3.57. The van der Waals surface area contributed by atoms with E-state index in [4.69, 9.17) is 21.4 Å². The van der Waals surface area contributed by atoms with Gasteiger partial charge in [0.25, 0.3) is 5.91 Å². The van der Waals surface area contributed by atoms with Crippen molar-refractivity contribution < 1.29 is 9.53 Å². The quantitative estimate of drug-likeness (QED) is 0.226. The molecule has 0 radical (unpaired) electrons. The fourth-order valence-electron chi connectivity index (χ4n) is 4.95. The Bertz CT molecular complexity index is 1580. The smallest absolute Gasteiger partial charge is 0.286 e. The zero-order valence-electron chi connectivity index (χ0n) is 22.2. The minimum absolute atomic E-state index is 0.198. The van der Waals surface area contributed by atoms with Gasteiger partial charge in [-0.2, -0.15) is 10.1 Å². The van der Waals surface area contributed by atoms with E-state index in [1.165, 1.54) is 18.2 Å². The average molecular weight is 569 g/mol. The maximum atomic E-state index is 13.0. The van der Waals surface area contributed by atoms with Gasteiger partial charge in [0.05, 0.1) is 10.6 Å². The molecule has 0 bridgehead atoms. The van der Waals surface area contributed by atoms with Gasteiger partial charge in [-0.3, -0.25) is 4.79 Å². The van der Waals surface area contributed by atoms with E-state index in [0.29, 0.717) is 22.5 Å². The molecule has 202 valence electrons. The summed E-state index contributed by atoms with van der Waals surface area (Å²) in [6.07, 6.45) is 6.22. The van der Waals surface area contributed by atoms with Crippen molar-refractivity contribution in [3.8, 4) is 22.7 Å². The highest BCUT2D eigenvalue weighted by Gasteiger charge is 2.29. The van der Waals surface area contributed by atoms with Gasteiger partial charge in [-0.05, 0) is 78.6 Å². The Kier molecular flexibility index (Phi) is 7.75. The molecule has 8 heteroatoms. The summed E-state index contributed by atoms with van der Waals surface area (Å²) in [5.74, 6) is 1.14. The van der Waals surface area contributed by atoms with Crippen molar-refractivity contribution in [1.82, 2.24) is 14.7 Å². The molecule has 1 saturated heterocycles. The van der Waals surface area contributed by atoms with Gasteiger partial charge in [-0.1, -0.05) is 61.0 Å². The minimum atomic E-state index is -0.198. The van der Waals surface area contributed by atoms with Gasteiger partial charge in [0.1, 0.15) is 18.1 Å². The van der Waals surface area contributed by atoms with Crippen molar-refractivity contribution >= 4 is 40.5 Å². The molecule has 2 aliphatic rings. The number of nitrogens with zero attached hydrogens (tertiary/aromatic N) is 4. The zero-order chi connectivity index (χ0) is 27.5. The molecule has 1 aromatic heterocycles. The third kappa shape index (κ3) is 6.01. The van der Waals surface area contributed by atoms with Crippen molar-refractivity contribution in [1.29, 1.82) is 0 Å². The summed E-state index contributed by atoms with van der Waals surface area (Å²) < 4.78 is 7.94. The SMILES string of the molecule is CC1CCCN(C2=NC(=O)/C(=C/c3cn(-c4ccccc4)nc3-c3cccc(OCc4ccc(Cl)cc4)c3)S2)C1. The second-order valence-corrected chi connectivity index (χ2v) is 11.6. The monoisotopic (exact) mass is 568 g/mol. The molecule has 1 fully saturated rings. The Morgan fingerprint density at radius 3 is 2.70 bits per heavy atom. The summed E-state index contributed by atoms with van der Waals surface area (Å²) in [6.45, 7) is 4.56. The van der Waals surface area contributed by atoms with Gasteiger partial charge >= 0.3 is 0 Å². The molecule has 3 aromatic carbocycles. The highest BCUT2D eigenvalue weighted by Crippen LogP contribution is 2.35. The number of hydrogen-bond acceptors (Lipinski definition) is 5. The molecule has 1 amide bonds. The Morgan fingerprint density at radius 1 is 1.07 bits per heavy atom. The Hall–Kier alpha value is -3.81. The molecule has 4 aromatic rings. The number of amides is 1. The number of ether oxygens (including phenoxy) is 1. The van der Waals surface area contributed by atoms with Crippen LogP contribution in [0.3, 0.4) is 0 Å². The number of likely N-dealkylation sites (tertiary alicyclic amines) is 1. The molecule has 3 heterocycles. The number of hydrogen-bond donors (Lipinski definition) is 0. The predicted molar refractivity (Wildman–Crippen MR) is 163 cm³/mol. The molecule has 2 aliphatic heterocycles. The molecule has 1 unspecified atom stereocenters. The number of piperidine rings is 1. The summed E-state index contributed by atoms with van der Waals surface area (Å²) in [5, 5.41) is 6.44. The van der Waals surface area contributed by atoms with Crippen molar-refractivity contribution in [2.45, 2.75) is 26.4 Å². The van der Waals surface area contributed by atoms with E-state index in [0.717, 1.165) is 58.5 Å². The fraction of sp³-hybridized carbons (Fsp3) is 0.219. The highest BCUT2D eigenvalue weighted by atomic mass is 35.5. The van der Waals surface area contributed by atoms with Crippen LogP contribution >= 0.6 is 23.4 Å². The van der Waals surface area contributed by atoms with Gasteiger partial charge in [0.2, 0.25) is 0 Å².